The zero-order chi connectivity index (χ0) is 20.4. The highest BCUT2D eigenvalue weighted by atomic mass is 16.6. The number of benzene rings is 2. The maximum absolute atomic E-state index is 12.9. The molecular formula is C20H19N3O5. The predicted octanol–water partition coefficient (Wildman–Crippen LogP) is 3.85. The number of ether oxygens (including phenoxy) is 1. The van der Waals surface area contributed by atoms with Crippen LogP contribution in [0.15, 0.2) is 42.5 Å². The number of hydrogen-bond donors (Lipinski definition) is 2. The fraction of sp³-hybridized carbons (Fsp3) is 0.200. The molecule has 2 aromatic carbocycles. The Morgan fingerprint density at radius 1 is 1.21 bits per heavy atom. The monoisotopic (exact) mass is 381 g/mol. The van der Waals surface area contributed by atoms with Crippen molar-refractivity contribution in [3.63, 3.8) is 0 Å². The van der Waals surface area contributed by atoms with Crippen LogP contribution in [0, 0.1) is 17.0 Å². The smallest absolute Gasteiger partial charge is 0.339 e. The number of nitrogens with one attached hydrogen (secondary N) is 2. The predicted molar refractivity (Wildman–Crippen MR) is 105 cm³/mol. The molecule has 0 saturated carbocycles. The van der Waals surface area contributed by atoms with Crippen LogP contribution >= 0.6 is 0 Å². The largest absolute Gasteiger partial charge is 0.451 e. The zero-order valence-corrected chi connectivity index (χ0v) is 15.6. The van der Waals surface area contributed by atoms with Gasteiger partial charge in [-0.2, -0.15) is 0 Å². The Kier molecular flexibility index (Phi) is 5.12. The number of aromatic nitrogens is 1. The lowest BCUT2D eigenvalue weighted by atomic mass is 10.0. The van der Waals surface area contributed by atoms with E-state index in [1.165, 1.54) is 19.1 Å². The second-order valence-corrected chi connectivity index (χ2v) is 6.32. The molecule has 1 aromatic heterocycles. The lowest BCUT2D eigenvalue weighted by Gasteiger charge is -2.13. The number of fused-ring (bicyclic) bond motifs is 1. The van der Waals surface area contributed by atoms with Crippen molar-refractivity contribution >= 4 is 34.0 Å². The first-order chi connectivity index (χ1) is 13.3. The normalized spacial score (nSPS) is 11.8. The standard InChI is InChI=1S/C20H19N3O5/c1-11-18(14-6-4-5-7-15(14)22-11)19(24)12(2)28-20(25)13-8-9-16(21-3)17(10-13)23(26)27/h4-10,12,21-22H,1-3H3/t12-/m0/s1. The van der Waals surface area contributed by atoms with Gasteiger partial charge in [-0.25, -0.2) is 4.79 Å². The molecule has 0 unspecified atom stereocenters. The minimum atomic E-state index is -1.05. The Morgan fingerprint density at radius 3 is 2.61 bits per heavy atom. The molecule has 0 saturated heterocycles. The van der Waals surface area contributed by atoms with E-state index in [0.29, 0.717) is 11.3 Å². The van der Waals surface area contributed by atoms with Crippen molar-refractivity contribution in [1.82, 2.24) is 4.98 Å². The first kappa shape index (κ1) is 19.1. The lowest BCUT2D eigenvalue weighted by molar-refractivity contribution is -0.384. The van der Waals surface area contributed by atoms with Gasteiger partial charge in [0.25, 0.3) is 5.69 Å². The maximum atomic E-state index is 12.9. The summed E-state index contributed by atoms with van der Waals surface area (Å²) in [6, 6.07) is 11.3. The minimum absolute atomic E-state index is 0.000925. The van der Waals surface area contributed by atoms with E-state index >= 15 is 0 Å². The number of carbonyl (C=O) groups excluding carboxylic acids is 2. The number of nitro benzene ring substituents is 1. The van der Waals surface area contributed by atoms with E-state index in [-0.39, 0.29) is 22.7 Å². The fourth-order valence-electron chi connectivity index (χ4n) is 3.10. The number of rotatable bonds is 6. The number of nitro groups is 1. The molecule has 0 fully saturated rings. The van der Waals surface area contributed by atoms with E-state index in [2.05, 4.69) is 10.3 Å². The van der Waals surface area contributed by atoms with Crippen molar-refractivity contribution in [2.24, 2.45) is 0 Å². The van der Waals surface area contributed by atoms with E-state index in [4.69, 9.17) is 4.74 Å². The minimum Gasteiger partial charge on any atom is -0.451 e. The third-order valence-corrected chi connectivity index (χ3v) is 4.49. The third-order valence-electron chi connectivity index (χ3n) is 4.49. The summed E-state index contributed by atoms with van der Waals surface area (Å²) in [4.78, 5) is 39.0. The van der Waals surface area contributed by atoms with Gasteiger partial charge in [-0.1, -0.05) is 18.2 Å². The van der Waals surface area contributed by atoms with Crippen molar-refractivity contribution in [2.75, 3.05) is 12.4 Å². The first-order valence-electron chi connectivity index (χ1n) is 8.62. The Labute approximate surface area is 160 Å². The summed E-state index contributed by atoms with van der Waals surface area (Å²) in [5.74, 6) is -1.14. The summed E-state index contributed by atoms with van der Waals surface area (Å²) in [5, 5.41) is 14.6. The molecule has 0 aliphatic heterocycles. The molecule has 0 aliphatic carbocycles. The number of anilines is 1. The molecule has 8 nitrogen and oxygen atoms in total. The van der Waals surface area contributed by atoms with Crippen LogP contribution in [0.4, 0.5) is 11.4 Å². The fourth-order valence-corrected chi connectivity index (χ4v) is 3.10. The van der Waals surface area contributed by atoms with Gasteiger partial charge >= 0.3 is 5.97 Å². The van der Waals surface area contributed by atoms with Gasteiger partial charge in [0.1, 0.15) is 5.69 Å². The summed E-state index contributed by atoms with van der Waals surface area (Å²) in [6.45, 7) is 3.26. The molecular weight excluding hydrogens is 362 g/mol. The number of para-hydroxylation sites is 1. The van der Waals surface area contributed by atoms with E-state index in [1.807, 2.05) is 24.3 Å². The van der Waals surface area contributed by atoms with Gasteiger partial charge in [0.15, 0.2) is 6.10 Å². The molecule has 1 heterocycles. The van der Waals surface area contributed by atoms with Crippen LogP contribution in [-0.4, -0.2) is 34.8 Å². The van der Waals surface area contributed by atoms with Crippen molar-refractivity contribution in [3.8, 4) is 0 Å². The van der Waals surface area contributed by atoms with Crippen molar-refractivity contribution in [1.29, 1.82) is 0 Å². The maximum Gasteiger partial charge on any atom is 0.339 e. The number of esters is 1. The van der Waals surface area contributed by atoms with Gasteiger partial charge in [0.05, 0.1) is 10.5 Å². The number of ketones is 1. The van der Waals surface area contributed by atoms with Crippen molar-refractivity contribution in [3.05, 3.63) is 69.4 Å². The molecule has 0 radical (unpaired) electrons. The van der Waals surface area contributed by atoms with Gasteiger partial charge in [0.2, 0.25) is 5.78 Å². The molecule has 2 N–H and O–H groups in total. The molecule has 28 heavy (non-hydrogen) atoms. The molecule has 1 atom stereocenters. The molecule has 3 aromatic rings. The highest BCUT2D eigenvalue weighted by molar-refractivity contribution is 6.11. The second-order valence-electron chi connectivity index (χ2n) is 6.32. The molecule has 0 spiro atoms. The summed E-state index contributed by atoms with van der Waals surface area (Å²) >= 11 is 0. The van der Waals surface area contributed by atoms with Gasteiger partial charge in [-0.15, -0.1) is 0 Å². The second kappa shape index (κ2) is 7.51. The van der Waals surface area contributed by atoms with E-state index in [0.717, 1.165) is 17.0 Å². The van der Waals surface area contributed by atoms with E-state index < -0.39 is 17.0 Å². The van der Waals surface area contributed by atoms with E-state index in [9.17, 15) is 19.7 Å². The molecule has 0 bridgehead atoms. The number of H-pyrrole nitrogens is 1. The van der Waals surface area contributed by atoms with Gasteiger partial charge in [0, 0.05) is 35.3 Å². The molecule has 0 amide bonds. The molecule has 0 aliphatic rings. The quantitative estimate of drug-likeness (QED) is 0.290. The van der Waals surface area contributed by atoms with Crippen molar-refractivity contribution in [2.45, 2.75) is 20.0 Å². The number of nitrogens with zero attached hydrogens (tertiary/aromatic N) is 1. The Bertz CT molecular complexity index is 1090. The topological polar surface area (TPSA) is 114 Å². The number of aryl methyl sites for hydroxylation is 1. The van der Waals surface area contributed by atoms with E-state index in [1.54, 1.807) is 14.0 Å². The van der Waals surface area contributed by atoms with Crippen LogP contribution in [0.3, 0.4) is 0 Å². The van der Waals surface area contributed by atoms with Crippen LogP contribution in [0.1, 0.15) is 33.3 Å². The lowest BCUT2D eigenvalue weighted by Crippen LogP contribution is -2.25. The summed E-state index contributed by atoms with van der Waals surface area (Å²) < 4.78 is 5.29. The number of hydrogen-bond acceptors (Lipinski definition) is 6. The summed E-state index contributed by atoms with van der Waals surface area (Å²) in [6.07, 6.45) is -1.05. The van der Waals surface area contributed by atoms with Crippen LogP contribution in [0.2, 0.25) is 0 Å². The molecule has 8 heteroatoms. The average molecular weight is 381 g/mol. The number of carbonyl (C=O) groups is 2. The Balaban J connectivity index is 1.84. The zero-order valence-electron chi connectivity index (χ0n) is 15.6. The van der Waals surface area contributed by atoms with Gasteiger partial charge in [-0.05, 0) is 32.0 Å². The average Bonchev–Trinajstić information content (AvgIpc) is 3.02. The number of Topliss-reactive ketones (excluding diaryl/α,β-unsaturated/α-hetero) is 1. The van der Waals surface area contributed by atoms with Crippen molar-refractivity contribution < 1.29 is 19.2 Å². The Hall–Kier alpha value is -3.68. The van der Waals surface area contributed by atoms with Crippen LogP contribution in [-0.2, 0) is 4.74 Å². The van der Waals surface area contributed by atoms with Crippen LogP contribution in [0.5, 0.6) is 0 Å². The number of aromatic amines is 1. The molecule has 3 rings (SSSR count). The summed E-state index contributed by atoms with van der Waals surface area (Å²) in [7, 11) is 1.55. The van der Waals surface area contributed by atoms with Gasteiger partial charge in [-0.3, -0.25) is 14.9 Å². The first-order valence-corrected chi connectivity index (χ1v) is 8.62. The highest BCUT2D eigenvalue weighted by Gasteiger charge is 2.26. The molecule has 144 valence electrons. The highest BCUT2D eigenvalue weighted by Crippen LogP contribution is 2.27. The van der Waals surface area contributed by atoms with Crippen LogP contribution < -0.4 is 5.32 Å². The third kappa shape index (κ3) is 3.44. The Morgan fingerprint density at radius 2 is 1.93 bits per heavy atom. The van der Waals surface area contributed by atoms with Crippen LogP contribution in [0.25, 0.3) is 10.9 Å². The summed E-state index contributed by atoms with van der Waals surface area (Å²) in [5.41, 5.74) is 2.00. The van der Waals surface area contributed by atoms with Gasteiger partial charge < -0.3 is 15.0 Å². The SMILES string of the molecule is CNc1ccc(C(=O)O[C@@H](C)C(=O)c2c(C)[nH]c3ccccc23)cc1[N+](=O)[O-].